The van der Waals surface area contributed by atoms with Crippen molar-refractivity contribution >= 4 is 17.7 Å². The number of ether oxygens (including phenoxy) is 1. The summed E-state index contributed by atoms with van der Waals surface area (Å²) in [6, 6.07) is 8.15. The van der Waals surface area contributed by atoms with E-state index < -0.39 is 0 Å². The van der Waals surface area contributed by atoms with Crippen molar-refractivity contribution < 1.29 is 9.53 Å². The Labute approximate surface area is 107 Å². The molecule has 4 heteroatoms. The van der Waals surface area contributed by atoms with Gasteiger partial charge in [0.1, 0.15) is 6.04 Å². The molecule has 0 bridgehead atoms. The highest BCUT2D eigenvalue weighted by Gasteiger charge is 2.18. The molecule has 0 N–H and O–H groups in total. The number of hydrogen-bond donors (Lipinski definition) is 0. The van der Waals surface area contributed by atoms with Crippen molar-refractivity contribution in [1.29, 1.82) is 0 Å². The minimum Gasteiger partial charge on any atom is -0.468 e. The van der Waals surface area contributed by atoms with Crippen molar-refractivity contribution in [3.05, 3.63) is 29.8 Å². The summed E-state index contributed by atoms with van der Waals surface area (Å²) in [5, 5.41) is 0. The van der Waals surface area contributed by atoms with E-state index in [-0.39, 0.29) is 12.0 Å². The molecule has 94 valence electrons. The number of likely N-dealkylation sites (N-methyl/N-ethyl adjacent to an activating group) is 1. The second kappa shape index (κ2) is 6.67. The number of methoxy groups -OCH3 is 1. The normalized spacial score (nSPS) is 12.5. The number of carbonyl (C=O) groups is 1. The molecule has 17 heavy (non-hydrogen) atoms. The minimum absolute atomic E-state index is 0.201. The van der Waals surface area contributed by atoms with Gasteiger partial charge in [-0.2, -0.15) is 0 Å². The number of esters is 1. The van der Waals surface area contributed by atoms with Gasteiger partial charge < -0.3 is 4.74 Å². The molecule has 0 radical (unpaired) electrons. The fraction of sp³-hybridized carbons (Fsp3) is 0.462. The zero-order valence-electron chi connectivity index (χ0n) is 10.8. The van der Waals surface area contributed by atoms with E-state index in [9.17, 15) is 4.79 Å². The van der Waals surface area contributed by atoms with Gasteiger partial charge in [-0.1, -0.05) is 12.1 Å². The molecule has 0 saturated heterocycles. The maximum atomic E-state index is 11.4. The summed E-state index contributed by atoms with van der Waals surface area (Å²) in [5.74, 6) is -0.201. The Balaban J connectivity index is 2.60. The Bertz CT molecular complexity index is 364. The highest BCUT2D eigenvalue weighted by molar-refractivity contribution is 7.98. The Morgan fingerprint density at radius 3 is 2.47 bits per heavy atom. The van der Waals surface area contributed by atoms with Gasteiger partial charge in [-0.15, -0.1) is 11.8 Å². The van der Waals surface area contributed by atoms with E-state index in [0.717, 1.165) is 6.54 Å². The van der Waals surface area contributed by atoms with Gasteiger partial charge in [0.25, 0.3) is 0 Å². The van der Waals surface area contributed by atoms with Gasteiger partial charge in [0.2, 0.25) is 0 Å². The molecular weight excluding hydrogens is 234 g/mol. The van der Waals surface area contributed by atoms with Gasteiger partial charge in [0, 0.05) is 11.4 Å². The first-order valence-electron chi connectivity index (χ1n) is 5.49. The van der Waals surface area contributed by atoms with Gasteiger partial charge in [-0.25, -0.2) is 0 Å². The summed E-state index contributed by atoms with van der Waals surface area (Å²) in [4.78, 5) is 14.6. The summed E-state index contributed by atoms with van der Waals surface area (Å²) in [7, 11) is 3.34. The lowest BCUT2D eigenvalue weighted by Gasteiger charge is -2.22. The summed E-state index contributed by atoms with van der Waals surface area (Å²) < 4.78 is 4.72. The number of hydrogen-bond acceptors (Lipinski definition) is 4. The molecule has 1 unspecified atom stereocenters. The molecule has 0 aliphatic rings. The molecule has 0 heterocycles. The summed E-state index contributed by atoms with van der Waals surface area (Å²) >= 11 is 1.72. The SMILES string of the molecule is COC(=O)C(C)N(C)Cc1ccc(SC)cc1. The zero-order chi connectivity index (χ0) is 12.8. The lowest BCUT2D eigenvalue weighted by Crippen LogP contribution is -2.36. The highest BCUT2D eigenvalue weighted by Crippen LogP contribution is 2.16. The molecule has 3 nitrogen and oxygen atoms in total. The Hall–Kier alpha value is -1.00. The molecule has 0 aromatic heterocycles. The fourth-order valence-electron chi connectivity index (χ4n) is 1.51. The summed E-state index contributed by atoms with van der Waals surface area (Å²) in [6.45, 7) is 2.59. The standard InChI is InChI=1S/C13H19NO2S/c1-10(13(15)16-3)14(2)9-11-5-7-12(17-4)8-6-11/h5-8,10H,9H2,1-4H3. The second-order valence-corrected chi connectivity index (χ2v) is 4.84. The largest absolute Gasteiger partial charge is 0.468 e. The molecule has 0 amide bonds. The fourth-order valence-corrected chi connectivity index (χ4v) is 1.91. The van der Waals surface area contributed by atoms with Crippen LogP contribution in [-0.2, 0) is 16.1 Å². The van der Waals surface area contributed by atoms with Crippen LogP contribution in [0.4, 0.5) is 0 Å². The average Bonchev–Trinajstić information content (AvgIpc) is 2.37. The number of thioether (sulfide) groups is 1. The van der Waals surface area contributed by atoms with E-state index in [0.29, 0.717) is 0 Å². The van der Waals surface area contributed by atoms with E-state index in [4.69, 9.17) is 4.74 Å². The molecular formula is C13H19NO2S. The van der Waals surface area contributed by atoms with E-state index in [1.54, 1.807) is 11.8 Å². The van der Waals surface area contributed by atoms with Crippen LogP contribution in [-0.4, -0.2) is 37.3 Å². The minimum atomic E-state index is -0.222. The van der Waals surface area contributed by atoms with Crippen molar-refractivity contribution in [1.82, 2.24) is 4.90 Å². The third-order valence-electron chi connectivity index (χ3n) is 2.79. The van der Waals surface area contributed by atoms with Crippen LogP contribution in [0.25, 0.3) is 0 Å². The zero-order valence-corrected chi connectivity index (χ0v) is 11.6. The average molecular weight is 253 g/mol. The third-order valence-corrected chi connectivity index (χ3v) is 3.54. The van der Waals surface area contributed by atoms with Crippen LogP contribution in [0.5, 0.6) is 0 Å². The second-order valence-electron chi connectivity index (χ2n) is 3.96. The first kappa shape index (κ1) is 14.1. The van der Waals surface area contributed by atoms with E-state index in [1.807, 2.05) is 18.9 Å². The molecule has 1 atom stereocenters. The van der Waals surface area contributed by atoms with Gasteiger partial charge in [-0.05, 0) is 37.9 Å². The van der Waals surface area contributed by atoms with Crippen molar-refractivity contribution in [3.63, 3.8) is 0 Å². The smallest absolute Gasteiger partial charge is 0.322 e. The van der Waals surface area contributed by atoms with Gasteiger partial charge >= 0.3 is 5.97 Å². The topological polar surface area (TPSA) is 29.5 Å². The van der Waals surface area contributed by atoms with E-state index in [1.165, 1.54) is 17.6 Å². The Kier molecular flexibility index (Phi) is 5.51. The maximum Gasteiger partial charge on any atom is 0.322 e. The molecule has 0 saturated carbocycles. The quantitative estimate of drug-likeness (QED) is 0.595. The summed E-state index contributed by atoms with van der Waals surface area (Å²) in [6.07, 6.45) is 2.06. The first-order valence-corrected chi connectivity index (χ1v) is 6.72. The van der Waals surface area contributed by atoms with Crippen LogP contribution in [0.1, 0.15) is 12.5 Å². The van der Waals surface area contributed by atoms with Crippen LogP contribution >= 0.6 is 11.8 Å². The van der Waals surface area contributed by atoms with Gasteiger partial charge in [0.05, 0.1) is 7.11 Å². The Morgan fingerprint density at radius 1 is 1.41 bits per heavy atom. The lowest BCUT2D eigenvalue weighted by molar-refractivity contribution is -0.145. The van der Waals surface area contributed by atoms with Crippen molar-refractivity contribution in [2.24, 2.45) is 0 Å². The predicted molar refractivity (Wildman–Crippen MR) is 71.2 cm³/mol. The van der Waals surface area contributed by atoms with E-state index in [2.05, 4.69) is 30.5 Å². The van der Waals surface area contributed by atoms with Crippen LogP contribution < -0.4 is 0 Å². The highest BCUT2D eigenvalue weighted by atomic mass is 32.2. The van der Waals surface area contributed by atoms with Crippen LogP contribution in [0.3, 0.4) is 0 Å². The molecule has 1 aromatic carbocycles. The summed E-state index contributed by atoms with van der Waals surface area (Å²) in [5.41, 5.74) is 1.20. The molecule has 0 fully saturated rings. The number of rotatable bonds is 5. The number of carbonyl (C=O) groups excluding carboxylic acids is 1. The molecule has 1 aromatic rings. The van der Waals surface area contributed by atoms with Crippen LogP contribution in [0.15, 0.2) is 29.2 Å². The molecule has 1 rings (SSSR count). The Morgan fingerprint density at radius 2 is 2.00 bits per heavy atom. The van der Waals surface area contributed by atoms with Crippen molar-refractivity contribution in [2.45, 2.75) is 24.4 Å². The van der Waals surface area contributed by atoms with Gasteiger partial charge in [0.15, 0.2) is 0 Å². The molecule has 0 spiro atoms. The van der Waals surface area contributed by atoms with Gasteiger partial charge in [-0.3, -0.25) is 9.69 Å². The predicted octanol–water partition coefficient (Wildman–Crippen LogP) is 2.40. The number of nitrogens with zero attached hydrogens (tertiary/aromatic N) is 1. The third kappa shape index (κ3) is 4.06. The first-order chi connectivity index (χ1) is 8.08. The maximum absolute atomic E-state index is 11.4. The monoisotopic (exact) mass is 253 g/mol. The van der Waals surface area contributed by atoms with Crippen molar-refractivity contribution in [2.75, 3.05) is 20.4 Å². The molecule has 0 aliphatic carbocycles. The van der Waals surface area contributed by atoms with Crippen LogP contribution in [0, 0.1) is 0 Å². The lowest BCUT2D eigenvalue weighted by atomic mass is 10.2. The van der Waals surface area contributed by atoms with Crippen LogP contribution in [0.2, 0.25) is 0 Å². The molecule has 0 aliphatic heterocycles. The van der Waals surface area contributed by atoms with Crippen molar-refractivity contribution in [3.8, 4) is 0 Å². The number of benzene rings is 1. The van der Waals surface area contributed by atoms with E-state index >= 15 is 0 Å².